The number of hydrogen-bond donors (Lipinski definition) is 3. The number of anilines is 2. The molecule has 5 heteroatoms. The van der Waals surface area contributed by atoms with Gasteiger partial charge in [-0.3, -0.25) is 4.79 Å². The van der Waals surface area contributed by atoms with Gasteiger partial charge in [-0.25, -0.2) is 0 Å². The number of carbonyl (C=O) groups excluding carboxylic acids is 1. The second-order valence-electron chi connectivity index (χ2n) is 5.58. The molecule has 1 aromatic rings. The number of hydrogen-bond acceptors (Lipinski definition) is 4. The van der Waals surface area contributed by atoms with E-state index < -0.39 is 0 Å². The minimum absolute atomic E-state index is 0.153. The van der Waals surface area contributed by atoms with Crippen LogP contribution in [-0.2, 0) is 4.79 Å². The Bertz CT molecular complexity index is 446. The molecule has 21 heavy (non-hydrogen) atoms. The monoisotopic (exact) mass is 290 g/mol. The van der Waals surface area contributed by atoms with E-state index in [4.69, 9.17) is 11.5 Å². The van der Waals surface area contributed by atoms with Gasteiger partial charge in [0.1, 0.15) is 6.04 Å². The number of benzene rings is 1. The summed E-state index contributed by atoms with van der Waals surface area (Å²) in [6.45, 7) is 2.64. The summed E-state index contributed by atoms with van der Waals surface area (Å²) >= 11 is 0. The summed E-state index contributed by atoms with van der Waals surface area (Å²) in [7, 11) is 0. The van der Waals surface area contributed by atoms with E-state index in [0.29, 0.717) is 0 Å². The van der Waals surface area contributed by atoms with E-state index in [1.165, 1.54) is 0 Å². The van der Waals surface area contributed by atoms with Crippen LogP contribution in [0.15, 0.2) is 24.3 Å². The van der Waals surface area contributed by atoms with Crippen molar-refractivity contribution in [1.82, 2.24) is 0 Å². The van der Waals surface area contributed by atoms with Gasteiger partial charge in [0, 0.05) is 24.5 Å². The van der Waals surface area contributed by atoms with Crippen molar-refractivity contribution >= 4 is 17.3 Å². The van der Waals surface area contributed by atoms with E-state index in [0.717, 1.165) is 63.1 Å². The van der Waals surface area contributed by atoms with E-state index in [-0.39, 0.29) is 11.9 Å². The highest BCUT2D eigenvalue weighted by Crippen LogP contribution is 2.26. The third-order valence-corrected chi connectivity index (χ3v) is 3.99. The van der Waals surface area contributed by atoms with E-state index in [2.05, 4.69) is 34.5 Å². The molecule has 1 aromatic carbocycles. The molecule has 5 nitrogen and oxygen atoms in total. The Hall–Kier alpha value is -1.75. The Labute approximate surface area is 126 Å². The molecule has 1 amide bonds. The summed E-state index contributed by atoms with van der Waals surface area (Å²) in [5.74, 6) is -0.227. The normalized spacial score (nSPS) is 18.0. The van der Waals surface area contributed by atoms with Crippen molar-refractivity contribution in [1.29, 1.82) is 0 Å². The van der Waals surface area contributed by atoms with Crippen LogP contribution in [0.2, 0.25) is 0 Å². The molecule has 0 radical (unpaired) electrons. The highest BCUT2D eigenvalue weighted by molar-refractivity contribution is 5.84. The Morgan fingerprint density at radius 1 is 1.24 bits per heavy atom. The van der Waals surface area contributed by atoms with Gasteiger partial charge in [0.25, 0.3) is 0 Å². The molecule has 0 aliphatic carbocycles. The van der Waals surface area contributed by atoms with Gasteiger partial charge in [0.2, 0.25) is 5.91 Å². The van der Waals surface area contributed by atoms with Gasteiger partial charge in [0.05, 0.1) is 0 Å². The molecule has 2 rings (SSSR count). The molecule has 0 spiro atoms. The lowest BCUT2D eigenvalue weighted by Crippen LogP contribution is -2.40. The first-order valence-corrected chi connectivity index (χ1v) is 7.82. The van der Waals surface area contributed by atoms with E-state index in [1.807, 2.05) is 0 Å². The summed E-state index contributed by atoms with van der Waals surface area (Å²) in [5, 5.41) is 3.40. The standard InChI is InChI=1S/C16H26N4O/c17-10-2-1-3-11-19-13-6-8-14(9-7-13)20-12-4-5-15(20)16(18)21/h6-9,15,19H,1-5,10-12,17H2,(H2,18,21). The quantitative estimate of drug-likeness (QED) is 0.636. The fourth-order valence-electron chi connectivity index (χ4n) is 2.82. The highest BCUT2D eigenvalue weighted by Gasteiger charge is 2.28. The number of nitrogens with two attached hydrogens (primary N) is 2. The van der Waals surface area contributed by atoms with Gasteiger partial charge in [-0.15, -0.1) is 0 Å². The summed E-state index contributed by atoms with van der Waals surface area (Å²) < 4.78 is 0. The number of carbonyl (C=O) groups is 1. The average molecular weight is 290 g/mol. The average Bonchev–Trinajstić information content (AvgIpc) is 2.97. The fourth-order valence-corrected chi connectivity index (χ4v) is 2.82. The zero-order valence-corrected chi connectivity index (χ0v) is 12.6. The smallest absolute Gasteiger partial charge is 0.240 e. The first-order valence-electron chi connectivity index (χ1n) is 7.82. The Morgan fingerprint density at radius 3 is 2.67 bits per heavy atom. The number of nitrogens with zero attached hydrogens (tertiary/aromatic N) is 1. The van der Waals surface area contributed by atoms with Crippen molar-refractivity contribution in [2.45, 2.75) is 38.1 Å². The molecular weight excluding hydrogens is 264 g/mol. The zero-order valence-electron chi connectivity index (χ0n) is 12.6. The molecule has 116 valence electrons. The second-order valence-corrected chi connectivity index (χ2v) is 5.58. The number of amides is 1. The minimum Gasteiger partial charge on any atom is -0.385 e. The SMILES string of the molecule is NCCCCCNc1ccc(N2CCCC2C(N)=O)cc1. The van der Waals surface area contributed by atoms with Gasteiger partial charge in [0.15, 0.2) is 0 Å². The summed E-state index contributed by atoms with van der Waals surface area (Å²) in [6.07, 6.45) is 5.26. The molecule has 0 saturated carbocycles. The molecule has 0 bridgehead atoms. The van der Waals surface area contributed by atoms with Gasteiger partial charge in [-0.05, 0) is 56.5 Å². The third kappa shape index (κ3) is 4.36. The summed E-state index contributed by atoms with van der Waals surface area (Å²) in [4.78, 5) is 13.5. The molecule has 1 aliphatic rings. The lowest BCUT2D eigenvalue weighted by atomic mass is 10.2. The van der Waals surface area contributed by atoms with Crippen LogP contribution in [0.25, 0.3) is 0 Å². The van der Waals surface area contributed by atoms with Crippen LogP contribution in [-0.4, -0.2) is 31.6 Å². The molecule has 1 atom stereocenters. The van der Waals surface area contributed by atoms with E-state index >= 15 is 0 Å². The van der Waals surface area contributed by atoms with E-state index in [9.17, 15) is 4.79 Å². The van der Waals surface area contributed by atoms with Gasteiger partial charge < -0.3 is 21.7 Å². The lowest BCUT2D eigenvalue weighted by molar-refractivity contribution is -0.119. The van der Waals surface area contributed by atoms with Crippen LogP contribution in [0.5, 0.6) is 0 Å². The number of rotatable bonds is 8. The number of unbranched alkanes of at least 4 members (excludes halogenated alkanes) is 2. The predicted molar refractivity (Wildman–Crippen MR) is 87.4 cm³/mol. The third-order valence-electron chi connectivity index (χ3n) is 3.99. The first kappa shape index (κ1) is 15.6. The number of nitrogens with one attached hydrogen (secondary N) is 1. The molecule has 1 fully saturated rings. The van der Waals surface area contributed by atoms with Crippen molar-refractivity contribution in [3.05, 3.63) is 24.3 Å². The van der Waals surface area contributed by atoms with Crippen LogP contribution in [0.1, 0.15) is 32.1 Å². The minimum atomic E-state index is -0.227. The van der Waals surface area contributed by atoms with Crippen molar-refractivity contribution in [3.8, 4) is 0 Å². The van der Waals surface area contributed by atoms with Crippen LogP contribution >= 0.6 is 0 Å². The molecule has 1 saturated heterocycles. The molecule has 0 aromatic heterocycles. The van der Waals surface area contributed by atoms with Crippen molar-refractivity contribution < 1.29 is 4.79 Å². The maximum absolute atomic E-state index is 11.4. The van der Waals surface area contributed by atoms with Crippen molar-refractivity contribution in [3.63, 3.8) is 0 Å². The lowest BCUT2D eigenvalue weighted by Gasteiger charge is -2.24. The van der Waals surface area contributed by atoms with Gasteiger partial charge in [-0.2, -0.15) is 0 Å². The van der Waals surface area contributed by atoms with Crippen molar-refractivity contribution in [2.24, 2.45) is 11.5 Å². The second kappa shape index (κ2) is 7.88. The molecular formula is C16H26N4O. The Kier molecular flexibility index (Phi) is 5.87. The van der Waals surface area contributed by atoms with Crippen LogP contribution in [0.3, 0.4) is 0 Å². The zero-order chi connectivity index (χ0) is 15.1. The molecule has 1 heterocycles. The van der Waals surface area contributed by atoms with Crippen molar-refractivity contribution in [2.75, 3.05) is 29.9 Å². The molecule has 1 aliphatic heterocycles. The first-order chi connectivity index (χ1) is 10.2. The largest absolute Gasteiger partial charge is 0.385 e. The maximum Gasteiger partial charge on any atom is 0.240 e. The van der Waals surface area contributed by atoms with Crippen LogP contribution < -0.4 is 21.7 Å². The van der Waals surface area contributed by atoms with Crippen LogP contribution in [0.4, 0.5) is 11.4 Å². The van der Waals surface area contributed by atoms with Gasteiger partial charge >= 0.3 is 0 Å². The highest BCUT2D eigenvalue weighted by atomic mass is 16.1. The molecule has 5 N–H and O–H groups in total. The summed E-state index contributed by atoms with van der Waals surface area (Å²) in [6, 6.07) is 8.09. The van der Waals surface area contributed by atoms with Gasteiger partial charge in [-0.1, -0.05) is 6.42 Å². The Balaban J connectivity index is 1.85. The summed E-state index contributed by atoms with van der Waals surface area (Å²) in [5.41, 5.74) is 13.1. The fraction of sp³-hybridized carbons (Fsp3) is 0.562. The molecule has 1 unspecified atom stereocenters. The number of primary amides is 1. The Morgan fingerprint density at radius 2 is 2.00 bits per heavy atom. The van der Waals surface area contributed by atoms with Crippen LogP contribution in [0, 0.1) is 0 Å². The van der Waals surface area contributed by atoms with E-state index in [1.54, 1.807) is 0 Å². The predicted octanol–water partition coefficient (Wildman–Crippen LogP) is 1.68. The maximum atomic E-state index is 11.4. The topological polar surface area (TPSA) is 84.4 Å².